The predicted molar refractivity (Wildman–Crippen MR) is 70.5 cm³/mol. The molecule has 2 heterocycles. The average Bonchev–Trinajstić information content (AvgIpc) is 2.76. The molecular formula is C13H25N3O2. The Hall–Kier alpha value is -0.650. The van der Waals surface area contributed by atoms with E-state index in [0.29, 0.717) is 12.6 Å². The molecule has 0 saturated carbocycles. The smallest absolute Gasteiger partial charge is 0.234 e. The van der Waals surface area contributed by atoms with Crippen molar-refractivity contribution in [2.75, 3.05) is 52.5 Å². The summed E-state index contributed by atoms with van der Waals surface area (Å²) in [5, 5.41) is 3.01. The summed E-state index contributed by atoms with van der Waals surface area (Å²) in [4.78, 5) is 16.4. The van der Waals surface area contributed by atoms with E-state index in [1.54, 1.807) is 0 Å². The number of amides is 1. The van der Waals surface area contributed by atoms with Crippen molar-refractivity contribution in [3.05, 3.63) is 0 Å². The SMILES string of the molecule is CC1CCCN1CC(=O)NCCN1CCOCC1. The van der Waals surface area contributed by atoms with E-state index in [9.17, 15) is 4.79 Å². The summed E-state index contributed by atoms with van der Waals surface area (Å²) in [7, 11) is 0. The first-order valence-corrected chi connectivity index (χ1v) is 7.06. The molecule has 5 nitrogen and oxygen atoms in total. The van der Waals surface area contributed by atoms with Crippen LogP contribution in [0.25, 0.3) is 0 Å². The standard InChI is InChI=1S/C13H25N3O2/c1-12-3-2-5-16(12)11-13(17)14-4-6-15-7-9-18-10-8-15/h12H,2-11H2,1H3,(H,14,17). The molecule has 2 aliphatic heterocycles. The number of rotatable bonds is 5. The molecule has 2 fully saturated rings. The molecule has 2 aliphatic rings. The van der Waals surface area contributed by atoms with Crippen molar-refractivity contribution in [2.45, 2.75) is 25.8 Å². The highest BCUT2D eigenvalue weighted by molar-refractivity contribution is 5.78. The van der Waals surface area contributed by atoms with Gasteiger partial charge in [-0.25, -0.2) is 0 Å². The molecule has 104 valence electrons. The molecule has 0 radical (unpaired) electrons. The minimum atomic E-state index is 0.164. The Labute approximate surface area is 109 Å². The van der Waals surface area contributed by atoms with Crippen molar-refractivity contribution in [3.63, 3.8) is 0 Å². The number of nitrogens with one attached hydrogen (secondary N) is 1. The summed E-state index contributed by atoms with van der Waals surface area (Å²) >= 11 is 0. The minimum Gasteiger partial charge on any atom is -0.379 e. The number of likely N-dealkylation sites (tertiary alicyclic amines) is 1. The van der Waals surface area contributed by atoms with Crippen LogP contribution in [0.2, 0.25) is 0 Å². The maximum atomic E-state index is 11.8. The first kappa shape index (κ1) is 13.8. The topological polar surface area (TPSA) is 44.8 Å². The summed E-state index contributed by atoms with van der Waals surface area (Å²) < 4.78 is 5.29. The lowest BCUT2D eigenvalue weighted by molar-refractivity contribution is -0.122. The zero-order chi connectivity index (χ0) is 12.8. The van der Waals surface area contributed by atoms with Gasteiger partial charge in [-0.2, -0.15) is 0 Å². The van der Waals surface area contributed by atoms with E-state index in [4.69, 9.17) is 4.74 Å². The van der Waals surface area contributed by atoms with Gasteiger partial charge in [-0.3, -0.25) is 14.6 Å². The first-order chi connectivity index (χ1) is 8.75. The molecule has 0 bridgehead atoms. The number of ether oxygens (including phenoxy) is 1. The second-order valence-electron chi connectivity index (χ2n) is 5.27. The predicted octanol–water partition coefficient (Wildman–Crippen LogP) is -0.0809. The fourth-order valence-electron chi connectivity index (χ4n) is 2.65. The van der Waals surface area contributed by atoms with E-state index in [2.05, 4.69) is 22.0 Å². The third kappa shape index (κ3) is 4.23. The number of nitrogens with zero attached hydrogens (tertiary/aromatic N) is 2. The third-order valence-corrected chi connectivity index (χ3v) is 3.89. The molecule has 1 N–H and O–H groups in total. The number of hydrogen-bond donors (Lipinski definition) is 1. The van der Waals surface area contributed by atoms with Crippen molar-refractivity contribution in [1.82, 2.24) is 15.1 Å². The molecule has 2 rings (SSSR count). The van der Waals surface area contributed by atoms with E-state index in [-0.39, 0.29) is 5.91 Å². The summed E-state index contributed by atoms with van der Waals surface area (Å²) in [6.45, 7) is 9.12. The zero-order valence-electron chi connectivity index (χ0n) is 11.4. The number of hydrogen-bond acceptors (Lipinski definition) is 4. The van der Waals surface area contributed by atoms with Crippen molar-refractivity contribution < 1.29 is 9.53 Å². The van der Waals surface area contributed by atoms with Crippen LogP contribution < -0.4 is 5.32 Å². The monoisotopic (exact) mass is 255 g/mol. The van der Waals surface area contributed by atoms with E-state index in [1.165, 1.54) is 12.8 Å². The van der Waals surface area contributed by atoms with Crippen molar-refractivity contribution in [1.29, 1.82) is 0 Å². The largest absolute Gasteiger partial charge is 0.379 e. The van der Waals surface area contributed by atoms with E-state index < -0.39 is 0 Å². The molecule has 1 unspecified atom stereocenters. The third-order valence-electron chi connectivity index (χ3n) is 3.89. The summed E-state index contributed by atoms with van der Waals surface area (Å²) in [5.74, 6) is 0.164. The Kier molecular flexibility index (Phi) is 5.41. The molecule has 0 spiro atoms. The van der Waals surface area contributed by atoms with Gasteiger partial charge in [-0.1, -0.05) is 0 Å². The second kappa shape index (κ2) is 7.07. The Morgan fingerprint density at radius 1 is 1.33 bits per heavy atom. The van der Waals surface area contributed by atoms with E-state index in [0.717, 1.165) is 45.9 Å². The lowest BCUT2D eigenvalue weighted by atomic mass is 10.2. The van der Waals surface area contributed by atoms with Gasteiger partial charge in [0.1, 0.15) is 0 Å². The Morgan fingerprint density at radius 2 is 2.11 bits per heavy atom. The normalized spacial score (nSPS) is 26.4. The molecule has 1 amide bonds. The fraction of sp³-hybridized carbons (Fsp3) is 0.923. The van der Waals surface area contributed by atoms with Gasteiger partial charge in [0, 0.05) is 32.2 Å². The lowest BCUT2D eigenvalue weighted by Gasteiger charge is -2.26. The van der Waals surface area contributed by atoms with Crippen LogP contribution in [-0.4, -0.2) is 74.2 Å². The Morgan fingerprint density at radius 3 is 2.78 bits per heavy atom. The van der Waals surface area contributed by atoms with Crippen molar-refractivity contribution in [3.8, 4) is 0 Å². The number of carbonyl (C=O) groups is 1. The molecule has 5 heteroatoms. The number of morpholine rings is 1. The van der Waals surface area contributed by atoms with Crippen molar-refractivity contribution >= 4 is 5.91 Å². The van der Waals surface area contributed by atoms with Gasteiger partial charge in [0.2, 0.25) is 5.91 Å². The molecular weight excluding hydrogens is 230 g/mol. The molecule has 0 aromatic heterocycles. The van der Waals surface area contributed by atoms with Gasteiger partial charge >= 0.3 is 0 Å². The van der Waals surface area contributed by atoms with E-state index in [1.807, 2.05) is 0 Å². The average molecular weight is 255 g/mol. The first-order valence-electron chi connectivity index (χ1n) is 7.06. The quantitative estimate of drug-likeness (QED) is 0.746. The van der Waals surface area contributed by atoms with Crippen LogP contribution in [0.5, 0.6) is 0 Å². The zero-order valence-corrected chi connectivity index (χ0v) is 11.4. The lowest BCUT2D eigenvalue weighted by Crippen LogP contribution is -2.44. The highest BCUT2D eigenvalue weighted by atomic mass is 16.5. The molecule has 0 aromatic rings. The van der Waals surface area contributed by atoms with Crippen LogP contribution in [-0.2, 0) is 9.53 Å². The van der Waals surface area contributed by atoms with Gasteiger partial charge in [0.25, 0.3) is 0 Å². The second-order valence-corrected chi connectivity index (χ2v) is 5.27. The van der Waals surface area contributed by atoms with Crippen LogP contribution in [0, 0.1) is 0 Å². The molecule has 0 aliphatic carbocycles. The van der Waals surface area contributed by atoms with Gasteiger partial charge in [-0.15, -0.1) is 0 Å². The minimum absolute atomic E-state index is 0.164. The van der Waals surface area contributed by atoms with Gasteiger partial charge in [-0.05, 0) is 26.3 Å². The summed E-state index contributed by atoms with van der Waals surface area (Å²) in [6, 6.07) is 0.565. The highest BCUT2D eigenvalue weighted by Crippen LogP contribution is 2.15. The van der Waals surface area contributed by atoms with Gasteiger partial charge in [0.05, 0.1) is 19.8 Å². The molecule has 18 heavy (non-hydrogen) atoms. The maximum absolute atomic E-state index is 11.8. The fourth-order valence-corrected chi connectivity index (χ4v) is 2.65. The van der Waals surface area contributed by atoms with Crippen molar-refractivity contribution in [2.24, 2.45) is 0 Å². The van der Waals surface area contributed by atoms with Crippen LogP contribution in [0.15, 0.2) is 0 Å². The summed E-state index contributed by atoms with van der Waals surface area (Å²) in [5.41, 5.74) is 0. The number of carbonyl (C=O) groups excluding carboxylic acids is 1. The van der Waals surface area contributed by atoms with Crippen LogP contribution in [0.3, 0.4) is 0 Å². The molecule has 2 saturated heterocycles. The van der Waals surface area contributed by atoms with E-state index >= 15 is 0 Å². The van der Waals surface area contributed by atoms with Crippen LogP contribution >= 0.6 is 0 Å². The molecule has 1 atom stereocenters. The van der Waals surface area contributed by atoms with Gasteiger partial charge in [0.15, 0.2) is 0 Å². The summed E-state index contributed by atoms with van der Waals surface area (Å²) in [6.07, 6.45) is 2.45. The van der Waals surface area contributed by atoms with Crippen LogP contribution in [0.1, 0.15) is 19.8 Å². The highest BCUT2D eigenvalue weighted by Gasteiger charge is 2.22. The van der Waals surface area contributed by atoms with Gasteiger partial charge < -0.3 is 10.1 Å². The Balaban J connectivity index is 1.56. The Bertz CT molecular complexity index is 267. The maximum Gasteiger partial charge on any atom is 0.234 e. The van der Waals surface area contributed by atoms with Crippen LogP contribution in [0.4, 0.5) is 0 Å². The molecule has 0 aromatic carbocycles.